The third-order valence-electron chi connectivity index (χ3n) is 5.75. The molecule has 8 heteroatoms. The molecule has 7 nitrogen and oxygen atoms in total. The van der Waals surface area contributed by atoms with Gasteiger partial charge in [-0.1, -0.05) is 25.5 Å². The van der Waals surface area contributed by atoms with Gasteiger partial charge in [0.2, 0.25) is 10.0 Å². The summed E-state index contributed by atoms with van der Waals surface area (Å²) in [5.74, 6) is 0.669. The van der Waals surface area contributed by atoms with E-state index < -0.39 is 10.0 Å². The smallest absolute Gasteiger partial charge is 0.240 e. The molecule has 0 aliphatic carbocycles. The highest BCUT2D eigenvalue weighted by Crippen LogP contribution is 2.29. The van der Waals surface area contributed by atoms with E-state index in [0.717, 1.165) is 37.2 Å². The highest BCUT2D eigenvalue weighted by atomic mass is 32.2. The fraction of sp³-hybridized carbons (Fsp3) is 0.435. The molecule has 2 aromatic carbocycles. The number of ether oxygens (including phenoxy) is 1. The summed E-state index contributed by atoms with van der Waals surface area (Å²) in [4.78, 5) is 14.4. The Morgan fingerprint density at radius 3 is 2.39 bits per heavy atom. The number of hydrogen-bond donors (Lipinski definition) is 2. The Kier molecular flexibility index (Phi) is 7.69. The average Bonchev–Trinajstić information content (AvgIpc) is 2.79. The molecule has 0 unspecified atom stereocenters. The molecule has 168 valence electrons. The number of likely N-dealkylation sites (tertiary alicyclic amines) is 1. The van der Waals surface area contributed by atoms with Gasteiger partial charge in [-0.05, 0) is 61.8 Å². The highest BCUT2D eigenvalue weighted by Gasteiger charge is 2.24. The fourth-order valence-corrected chi connectivity index (χ4v) is 4.74. The first-order valence-electron chi connectivity index (χ1n) is 10.7. The zero-order valence-corrected chi connectivity index (χ0v) is 19.0. The lowest BCUT2D eigenvalue weighted by Crippen LogP contribution is -2.37. The summed E-state index contributed by atoms with van der Waals surface area (Å²) in [5, 5.41) is 8.74. The van der Waals surface area contributed by atoms with Gasteiger partial charge in [0, 0.05) is 18.5 Å². The first-order valence-corrected chi connectivity index (χ1v) is 12.2. The number of piperidine rings is 1. The quantitative estimate of drug-likeness (QED) is 0.572. The van der Waals surface area contributed by atoms with Crippen molar-refractivity contribution in [3.05, 3.63) is 53.6 Å². The van der Waals surface area contributed by atoms with Crippen LogP contribution in [-0.2, 0) is 10.0 Å². The summed E-state index contributed by atoms with van der Waals surface area (Å²) >= 11 is 0. The van der Waals surface area contributed by atoms with Crippen LogP contribution < -0.4 is 15.2 Å². The molecule has 0 bridgehead atoms. The van der Waals surface area contributed by atoms with Crippen molar-refractivity contribution in [2.24, 2.45) is 5.14 Å². The van der Waals surface area contributed by atoms with E-state index in [9.17, 15) is 13.2 Å². The number of sulfonamides is 1. The van der Waals surface area contributed by atoms with Crippen molar-refractivity contribution in [3.63, 3.8) is 0 Å². The van der Waals surface area contributed by atoms with Gasteiger partial charge in [0.25, 0.3) is 0 Å². The Bertz CT molecular complexity index is 1000. The van der Waals surface area contributed by atoms with Crippen LogP contribution in [0.1, 0.15) is 54.6 Å². The lowest BCUT2D eigenvalue weighted by atomic mass is 10.0. The molecule has 0 amide bonds. The second kappa shape index (κ2) is 10.3. The number of methoxy groups -OCH3 is 1. The zero-order valence-electron chi connectivity index (χ0n) is 18.1. The van der Waals surface area contributed by atoms with E-state index in [4.69, 9.17) is 9.88 Å². The van der Waals surface area contributed by atoms with E-state index in [1.807, 2.05) is 24.3 Å². The zero-order chi connectivity index (χ0) is 22.4. The van der Waals surface area contributed by atoms with Crippen molar-refractivity contribution < 1.29 is 17.9 Å². The van der Waals surface area contributed by atoms with Crippen molar-refractivity contribution in [2.45, 2.75) is 43.5 Å². The van der Waals surface area contributed by atoms with Crippen LogP contribution in [0.4, 0.5) is 5.69 Å². The van der Waals surface area contributed by atoms with E-state index in [1.54, 1.807) is 26.2 Å². The molecule has 3 N–H and O–H groups in total. The van der Waals surface area contributed by atoms with E-state index in [-0.39, 0.29) is 16.7 Å². The molecule has 0 spiro atoms. The maximum absolute atomic E-state index is 12.2. The van der Waals surface area contributed by atoms with Crippen LogP contribution >= 0.6 is 0 Å². The number of anilines is 1. The van der Waals surface area contributed by atoms with Crippen LogP contribution in [0.25, 0.3) is 0 Å². The molecular weight excluding hydrogens is 414 g/mol. The summed E-state index contributed by atoms with van der Waals surface area (Å²) in [7, 11) is -2.35. The maximum atomic E-state index is 12.2. The summed E-state index contributed by atoms with van der Waals surface area (Å²) < 4.78 is 29.7. The van der Waals surface area contributed by atoms with Crippen molar-refractivity contribution in [1.29, 1.82) is 0 Å². The van der Waals surface area contributed by atoms with E-state index >= 15 is 0 Å². The van der Waals surface area contributed by atoms with Gasteiger partial charge >= 0.3 is 0 Å². The molecule has 0 aromatic heterocycles. The van der Waals surface area contributed by atoms with E-state index in [1.165, 1.54) is 12.5 Å². The van der Waals surface area contributed by atoms with Crippen molar-refractivity contribution in [3.8, 4) is 5.75 Å². The number of nitrogens with zero attached hydrogens (tertiary/aromatic N) is 1. The Balaban J connectivity index is 1.88. The van der Waals surface area contributed by atoms with Crippen LogP contribution in [0.3, 0.4) is 0 Å². The first kappa shape index (κ1) is 23.2. The van der Waals surface area contributed by atoms with Gasteiger partial charge < -0.3 is 10.1 Å². The molecule has 1 saturated heterocycles. The molecule has 1 aliphatic rings. The number of benzene rings is 2. The summed E-state index contributed by atoms with van der Waals surface area (Å²) in [6.07, 6.45) is 3.80. The average molecular weight is 446 g/mol. The molecule has 1 fully saturated rings. The topological polar surface area (TPSA) is 102 Å². The number of carbonyl (C=O) groups is 1. The number of nitrogens with two attached hydrogens (primary N) is 1. The second-order valence-corrected chi connectivity index (χ2v) is 9.33. The second-order valence-electron chi connectivity index (χ2n) is 7.80. The maximum Gasteiger partial charge on any atom is 0.240 e. The first-order chi connectivity index (χ1) is 14.8. The summed E-state index contributed by atoms with van der Waals surface area (Å²) in [6.45, 7) is 4.23. The number of ketones is 1. The number of primary sulfonamides is 1. The van der Waals surface area contributed by atoms with Gasteiger partial charge in [-0.25, -0.2) is 13.6 Å². The van der Waals surface area contributed by atoms with Gasteiger partial charge in [-0.2, -0.15) is 0 Å². The third kappa shape index (κ3) is 5.84. The van der Waals surface area contributed by atoms with E-state index in [0.29, 0.717) is 24.2 Å². The lowest BCUT2D eigenvalue weighted by molar-refractivity contribution is 0.0988. The Morgan fingerprint density at radius 2 is 1.81 bits per heavy atom. The van der Waals surface area contributed by atoms with E-state index in [2.05, 4.69) is 10.2 Å². The number of Topliss-reactive ketones (excluding diaryl/α,β-unsaturated/α-hetero) is 1. The summed E-state index contributed by atoms with van der Waals surface area (Å²) in [5.41, 5.74) is 1.88. The predicted molar refractivity (Wildman–Crippen MR) is 122 cm³/mol. The van der Waals surface area contributed by atoms with Gasteiger partial charge in [0.15, 0.2) is 5.78 Å². The molecule has 3 rings (SSSR count). The Labute approximate surface area is 184 Å². The number of rotatable bonds is 9. The fourth-order valence-electron chi connectivity index (χ4n) is 4.00. The number of nitrogens with one attached hydrogen (secondary N) is 1. The van der Waals surface area contributed by atoms with Gasteiger partial charge in [0.1, 0.15) is 10.6 Å². The Morgan fingerprint density at radius 1 is 1.13 bits per heavy atom. The monoisotopic (exact) mass is 445 g/mol. The van der Waals surface area contributed by atoms with Crippen LogP contribution in [-0.4, -0.2) is 45.8 Å². The van der Waals surface area contributed by atoms with Crippen LogP contribution in [0, 0.1) is 0 Å². The molecule has 31 heavy (non-hydrogen) atoms. The third-order valence-corrected chi connectivity index (χ3v) is 6.70. The van der Waals surface area contributed by atoms with Crippen LogP contribution in [0.2, 0.25) is 0 Å². The Hall–Kier alpha value is -2.42. The highest BCUT2D eigenvalue weighted by molar-refractivity contribution is 7.89. The van der Waals surface area contributed by atoms with Gasteiger partial charge in [-0.15, -0.1) is 0 Å². The SMILES string of the molecule is CCC(=O)c1ccc(NC[C@@H](c2ccc(OC)cc2)N2CCCCC2)c(S(N)(=O)=O)c1. The molecule has 0 radical (unpaired) electrons. The van der Waals surface area contributed by atoms with Crippen LogP contribution in [0.15, 0.2) is 47.4 Å². The largest absolute Gasteiger partial charge is 0.497 e. The number of hydrogen-bond acceptors (Lipinski definition) is 6. The van der Waals surface area contributed by atoms with Crippen molar-refractivity contribution in [2.75, 3.05) is 32.1 Å². The number of carbonyl (C=O) groups excluding carboxylic acids is 1. The minimum atomic E-state index is -3.99. The minimum absolute atomic E-state index is 0.0566. The molecule has 1 heterocycles. The standard InChI is InChI=1S/C23H31N3O4S/c1-3-22(27)18-9-12-20(23(15-18)31(24,28)29)25-16-21(26-13-5-4-6-14-26)17-7-10-19(30-2)11-8-17/h7-12,15,21,25H,3-6,13-14,16H2,1-2H3,(H2,24,28,29)/t21-/m0/s1. The predicted octanol–water partition coefficient (Wildman–Crippen LogP) is 3.57. The summed E-state index contributed by atoms with van der Waals surface area (Å²) in [6, 6.07) is 12.7. The molecule has 2 aromatic rings. The minimum Gasteiger partial charge on any atom is -0.497 e. The normalized spacial score (nSPS) is 16.0. The molecule has 1 atom stereocenters. The van der Waals surface area contributed by atoms with Gasteiger partial charge in [0.05, 0.1) is 18.8 Å². The van der Waals surface area contributed by atoms with Crippen molar-refractivity contribution >= 4 is 21.5 Å². The lowest BCUT2D eigenvalue weighted by Gasteiger charge is -2.35. The van der Waals surface area contributed by atoms with Crippen LogP contribution in [0.5, 0.6) is 5.75 Å². The molecule has 0 saturated carbocycles. The molecule has 1 aliphatic heterocycles. The van der Waals surface area contributed by atoms with Crippen molar-refractivity contribution in [1.82, 2.24) is 4.90 Å². The van der Waals surface area contributed by atoms with Gasteiger partial charge in [-0.3, -0.25) is 9.69 Å². The molecular formula is C23H31N3O4S.